The Morgan fingerprint density at radius 1 is 0.935 bits per heavy atom. The zero-order valence-electron chi connectivity index (χ0n) is 18.0. The highest BCUT2D eigenvalue weighted by molar-refractivity contribution is 9.10. The van der Waals surface area contributed by atoms with Crippen LogP contribution in [0.3, 0.4) is 0 Å². The van der Waals surface area contributed by atoms with E-state index >= 15 is 0 Å². The number of amides is 1. The number of nitrogens with one attached hydrogen (secondary N) is 1. The van der Waals surface area contributed by atoms with Crippen molar-refractivity contribution in [2.75, 3.05) is 13.2 Å². The van der Waals surface area contributed by atoms with E-state index in [2.05, 4.69) is 21.2 Å². The molecule has 0 atom stereocenters. The highest BCUT2D eigenvalue weighted by atomic mass is 79.9. The van der Waals surface area contributed by atoms with E-state index in [1.165, 1.54) is 0 Å². The topological polar surface area (TPSA) is 105 Å². The maximum Gasteiger partial charge on any atom is 0.494 e. The van der Waals surface area contributed by atoms with Gasteiger partial charge in [-0.15, -0.1) is 0 Å². The van der Waals surface area contributed by atoms with Crippen LogP contribution in [0.2, 0.25) is 0 Å². The molecule has 0 radical (unpaired) electrons. The summed E-state index contributed by atoms with van der Waals surface area (Å²) in [7, 11) is -0.426. The van der Waals surface area contributed by atoms with Crippen molar-refractivity contribution in [3.05, 3.63) is 64.1 Å². The number of benzene rings is 2. The van der Waals surface area contributed by atoms with Gasteiger partial charge in [0.2, 0.25) is 0 Å². The smallest absolute Gasteiger partial charge is 0.478 e. The standard InChI is InChI=1S/C15H22BNO4.C7H5BrO2/c1-14(2)15(3,4)21-16(20-14)12-7-5-11(6-8-12)13(19)17-9-10-18;8-6-3-1-5(2-4-6)7(9)10/h5-8,18H,9-10H2,1-4H3,(H,17,19);1-4H,(H,9,10). The van der Waals surface area contributed by atoms with Gasteiger partial charge in [-0.25, -0.2) is 4.79 Å². The van der Waals surface area contributed by atoms with Gasteiger partial charge in [-0.1, -0.05) is 28.1 Å². The molecule has 3 rings (SSSR count). The Labute approximate surface area is 191 Å². The Bertz CT molecular complexity index is 883. The van der Waals surface area contributed by atoms with Crippen molar-refractivity contribution >= 4 is 40.4 Å². The van der Waals surface area contributed by atoms with Crippen LogP contribution in [0.4, 0.5) is 0 Å². The molecule has 31 heavy (non-hydrogen) atoms. The summed E-state index contributed by atoms with van der Waals surface area (Å²) < 4.78 is 12.8. The van der Waals surface area contributed by atoms with Gasteiger partial charge in [-0.3, -0.25) is 4.79 Å². The molecule has 9 heteroatoms. The number of aliphatic hydroxyl groups is 1. The molecule has 3 N–H and O–H groups in total. The molecule has 2 aromatic rings. The predicted molar refractivity (Wildman–Crippen MR) is 123 cm³/mol. The van der Waals surface area contributed by atoms with Gasteiger partial charge >= 0.3 is 13.1 Å². The van der Waals surface area contributed by atoms with Crippen LogP contribution in [-0.2, 0) is 9.31 Å². The molecule has 0 spiro atoms. The number of aromatic carboxylic acids is 1. The lowest BCUT2D eigenvalue weighted by molar-refractivity contribution is 0.00578. The van der Waals surface area contributed by atoms with Crippen molar-refractivity contribution in [3.63, 3.8) is 0 Å². The molecule has 2 aromatic carbocycles. The van der Waals surface area contributed by atoms with Gasteiger partial charge in [0.15, 0.2) is 0 Å². The molecule has 1 amide bonds. The van der Waals surface area contributed by atoms with Crippen molar-refractivity contribution in [1.82, 2.24) is 5.32 Å². The molecule has 1 fully saturated rings. The van der Waals surface area contributed by atoms with Gasteiger partial charge in [0, 0.05) is 16.6 Å². The van der Waals surface area contributed by atoms with Crippen LogP contribution in [-0.4, -0.2) is 53.6 Å². The van der Waals surface area contributed by atoms with Gasteiger partial charge in [0.1, 0.15) is 0 Å². The van der Waals surface area contributed by atoms with Crippen molar-refractivity contribution in [2.24, 2.45) is 0 Å². The van der Waals surface area contributed by atoms with Gasteiger partial charge in [0.25, 0.3) is 5.91 Å². The van der Waals surface area contributed by atoms with Crippen LogP contribution in [0.1, 0.15) is 48.4 Å². The lowest BCUT2D eigenvalue weighted by Gasteiger charge is -2.32. The first-order valence-corrected chi connectivity index (χ1v) is 10.6. The third kappa shape index (κ3) is 6.64. The Balaban J connectivity index is 0.000000285. The van der Waals surface area contributed by atoms with E-state index in [1.807, 2.05) is 39.8 Å². The van der Waals surface area contributed by atoms with Crippen LogP contribution in [0.5, 0.6) is 0 Å². The number of hydrogen-bond donors (Lipinski definition) is 3. The third-order valence-corrected chi connectivity index (χ3v) is 5.72. The summed E-state index contributed by atoms with van der Waals surface area (Å²) in [4.78, 5) is 22.1. The molecule has 1 aliphatic heterocycles. The fraction of sp³-hybridized carbons (Fsp3) is 0.364. The number of hydrogen-bond acceptors (Lipinski definition) is 5. The Hall–Kier alpha value is -2.20. The molecule has 0 unspecified atom stereocenters. The largest absolute Gasteiger partial charge is 0.494 e. The normalized spacial score (nSPS) is 16.3. The maximum atomic E-state index is 11.8. The molecule has 0 bridgehead atoms. The highest BCUT2D eigenvalue weighted by Crippen LogP contribution is 2.36. The highest BCUT2D eigenvalue weighted by Gasteiger charge is 2.51. The van der Waals surface area contributed by atoms with Crippen LogP contribution < -0.4 is 10.8 Å². The minimum atomic E-state index is -0.896. The molecule has 1 heterocycles. The zero-order valence-corrected chi connectivity index (χ0v) is 19.6. The number of carbonyl (C=O) groups excluding carboxylic acids is 1. The molecule has 166 valence electrons. The van der Waals surface area contributed by atoms with Crippen molar-refractivity contribution in [1.29, 1.82) is 0 Å². The summed E-state index contributed by atoms with van der Waals surface area (Å²) in [6.07, 6.45) is 0. The Kier molecular flexibility index (Phi) is 8.42. The summed E-state index contributed by atoms with van der Waals surface area (Å²) in [5, 5.41) is 19.8. The summed E-state index contributed by atoms with van der Waals surface area (Å²) >= 11 is 3.20. The van der Waals surface area contributed by atoms with Gasteiger partial charge < -0.3 is 24.8 Å². The summed E-state index contributed by atoms with van der Waals surface area (Å²) in [5.74, 6) is -1.10. The molecule has 1 saturated heterocycles. The maximum absolute atomic E-state index is 11.8. The second-order valence-corrected chi connectivity index (χ2v) is 8.92. The molecule has 0 aliphatic carbocycles. The van der Waals surface area contributed by atoms with E-state index in [9.17, 15) is 9.59 Å². The van der Waals surface area contributed by atoms with Gasteiger partial charge in [-0.2, -0.15) is 0 Å². The first-order valence-electron chi connectivity index (χ1n) is 9.80. The first-order chi connectivity index (χ1) is 14.5. The molecule has 0 saturated carbocycles. The van der Waals surface area contributed by atoms with Crippen LogP contribution in [0.15, 0.2) is 53.0 Å². The van der Waals surface area contributed by atoms with E-state index in [-0.39, 0.29) is 30.3 Å². The molecule has 0 aromatic heterocycles. The van der Waals surface area contributed by atoms with E-state index in [0.717, 1.165) is 9.94 Å². The summed E-state index contributed by atoms with van der Waals surface area (Å²) in [5.41, 5.74) is 0.975. The average Bonchev–Trinajstić information content (AvgIpc) is 2.94. The fourth-order valence-corrected chi connectivity index (χ4v) is 2.90. The minimum Gasteiger partial charge on any atom is -0.478 e. The molecular formula is C22H27BBrNO6. The average molecular weight is 492 g/mol. The SMILES string of the molecule is CC1(C)OB(c2ccc(C(=O)NCCO)cc2)OC1(C)C.O=C(O)c1ccc(Br)cc1. The fourth-order valence-electron chi connectivity index (χ4n) is 2.63. The zero-order chi connectivity index (χ0) is 23.2. The van der Waals surface area contributed by atoms with E-state index < -0.39 is 13.1 Å². The van der Waals surface area contributed by atoms with Crippen LogP contribution in [0.25, 0.3) is 0 Å². The van der Waals surface area contributed by atoms with Gasteiger partial charge in [-0.05, 0) is 69.6 Å². The third-order valence-electron chi connectivity index (χ3n) is 5.19. The summed E-state index contributed by atoms with van der Waals surface area (Å²) in [6, 6.07) is 13.6. The van der Waals surface area contributed by atoms with Gasteiger partial charge in [0.05, 0.1) is 23.4 Å². The van der Waals surface area contributed by atoms with E-state index in [0.29, 0.717) is 11.1 Å². The monoisotopic (exact) mass is 491 g/mol. The van der Waals surface area contributed by atoms with Crippen molar-refractivity contribution < 1.29 is 29.1 Å². The quantitative estimate of drug-likeness (QED) is 0.555. The van der Waals surface area contributed by atoms with Crippen molar-refractivity contribution in [2.45, 2.75) is 38.9 Å². The number of halogens is 1. The Morgan fingerprint density at radius 2 is 1.42 bits per heavy atom. The predicted octanol–water partition coefficient (Wildman–Crippen LogP) is 2.86. The minimum absolute atomic E-state index is 0.0717. The number of carboxylic acid groups (broad SMARTS) is 1. The van der Waals surface area contributed by atoms with E-state index in [1.54, 1.807) is 36.4 Å². The van der Waals surface area contributed by atoms with Crippen LogP contribution >= 0.6 is 15.9 Å². The second kappa shape index (κ2) is 10.4. The lowest BCUT2D eigenvalue weighted by Crippen LogP contribution is -2.41. The van der Waals surface area contributed by atoms with Crippen LogP contribution in [0, 0.1) is 0 Å². The molecule has 1 aliphatic rings. The van der Waals surface area contributed by atoms with Crippen molar-refractivity contribution in [3.8, 4) is 0 Å². The Morgan fingerprint density at radius 3 is 1.87 bits per heavy atom. The second-order valence-electron chi connectivity index (χ2n) is 8.00. The number of carbonyl (C=O) groups is 2. The number of carboxylic acids is 1. The molecule has 7 nitrogen and oxygen atoms in total. The lowest BCUT2D eigenvalue weighted by atomic mass is 9.79. The number of rotatable bonds is 5. The molecular weight excluding hydrogens is 465 g/mol. The first kappa shape index (κ1) is 25.1. The van der Waals surface area contributed by atoms with E-state index in [4.69, 9.17) is 19.5 Å². The number of aliphatic hydroxyl groups excluding tert-OH is 1. The summed E-state index contributed by atoms with van der Waals surface area (Å²) in [6.45, 7) is 8.19.